The van der Waals surface area contributed by atoms with Crippen LogP contribution in [0.25, 0.3) is 0 Å². The van der Waals surface area contributed by atoms with Gasteiger partial charge in [-0.3, -0.25) is 0 Å². The van der Waals surface area contributed by atoms with E-state index in [1.807, 2.05) is 0 Å². The molecule has 20 heavy (non-hydrogen) atoms. The molecule has 0 spiro atoms. The molecule has 0 aliphatic carbocycles. The van der Waals surface area contributed by atoms with Gasteiger partial charge in [-0.2, -0.15) is 18.4 Å². The van der Waals surface area contributed by atoms with Gasteiger partial charge in [0.25, 0.3) is 0 Å². The Bertz CT molecular complexity index is 654. The molecular weight excluding hydrogens is 271 g/mol. The second-order valence-electron chi connectivity index (χ2n) is 4.08. The molecule has 1 aromatic heterocycles. The lowest BCUT2D eigenvalue weighted by Crippen LogP contribution is -2.09. The zero-order chi connectivity index (χ0) is 14.8. The normalized spacial score (nSPS) is 11.2. The number of aromatic nitrogens is 3. The SMILES string of the molecule is Cn1cnnc1CNc1ccc(C(F)(F)F)c(C#N)c1. The van der Waals surface area contributed by atoms with Crippen LogP contribution in [0.15, 0.2) is 24.5 Å². The molecule has 0 bridgehead atoms. The lowest BCUT2D eigenvalue weighted by atomic mass is 10.1. The summed E-state index contributed by atoms with van der Waals surface area (Å²) in [6.45, 7) is 0.298. The summed E-state index contributed by atoms with van der Waals surface area (Å²) in [5, 5.41) is 19.2. The zero-order valence-electron chi connectivity index (χ0n) is 10.4. The molecule has 8 heteroatoms. The maximum absolute atomic E-state index is 12.6. The van der Waals surface area contributed by atoms with Gasteiger partial charge < -0.3 is 9.88 Å². The van der Waals surface area contributed by atoms with Gasteiger partial charge in [0, 0.05) is 12.7 Å². The van der Waals surface area contributed by atoms with Crippen LogP contribution in [0.3, 0.4) is 0 Å². The number of nitrogens with zero attached hydrogens (tertiary/aromatic N) is 4. The Balaban J connectivity index is 2.19. The summed E-state index contributed by atoms with van der Waals surface area (Å²) in [4.78, 5) is 0. The first-order valence-electron chi connectivity index (χ1n) is 5.60. The topological polar surface area (TPSA) is 66.5 Å². The number of alkyl halides is 3. The van der Waals surface area contributed by atoms with Gasteiger partial charge in [0.1, 0.15) is 6.33 Å². The summed E-state index contributed by atoms with van der Waals surface area (Å²) in [7, 11) is 1.75. The van der Waals surface area contributed by atoms with E-state index in [0.29, 0.717) is 18.1 Å². The minimum Gasteiger partial charge on any atom is -0.378 e. The van der Waals surface area contributed by atoms with Crippen LogP contribution in [-0.4, -0.2) is 14.8 Å². The molecule has 0 radical (unpaired) electrons. The third-order valence-electron chi connectivity index (χ3n) is 2.70. The summed E-state index contributed by atoms with van der Waals surface area (Å²) in [6.07, 6.45) is -3.02. The maximum atomic E-state index is 12.6. The van der Waals surface area contributed by atoms with Gasteiger partial charge >= 0.3 is 6.18 Å². The van der Waals surface area contributed by atoms with E-state index in [2.05, 4.69) is 15.5 Å². The van der Waals surface area contributed by atoms with Crippen LogP contribution in [0.1, 0.15) is 17.0 Å². The van der Waals surface area contributed by atoms with Gasteiger partial charge in [-0.25, -0.2) is 0 Å². The van der Waals surface area contributed by atoms with Gasteiger partial charge in [0.05, 0.1) is 23.7 Å². The van der Waals surface area contributed by atoms with Crippen molar-refractivity contribution in [3.05, 3.63) is 41.5 Å². The molecule has 0 aliphatic rings. The average molecular weight is 281 g/mol. The van der Waals surface area contributed by atoms with Crippen molar-refractivity contribution in [2.24, 2.45) is 7.05 Å². The highest BCUT2D eigenvalue weighted by Crippen LogP contribution is 2.33. The van der Waals surface area contributed by atoms with E-state index < -0.39 is 17.3 Å². The summed E-state index contributed by atoms with van der Waals surface area (Å²) in [5.41, 5.74) is -0.942. The summed E-state index contributed by atoms with van der Waals surface area (Å²) in [6, 6.07) is 4.88. The predicted molar refractivity (Wildman–Crippen MR) is 64.5 cm³/mol. The van der Waals surface area contributed by atoms with Crippen LogP contribution in [0.5, 0.6) is 0 Å². The second kappa shape index (κ2) is 5.21. The summed E-state index contributed by atoms with van der Waals surface area (Å²) < 4.78 is 39.6. The Morgan fingerprint density at radius 1 is 1.40 bits per heavy atom. The number of rotatable bonds is 3. The lowest BCUT2D eigenvalue weighted by Gasteiger charge is -2.11. The molecule has 0 fully saturated rings. The Kier molecular flexibility index (Phi) is 3.61. The number of anilines is 1. The van der Waals surface area contributed by atoms with Crippen LogP contribution in [-0.2, 0) is 19.8 Å². The number of benzene rings is 1. The fraction of sp³-hybridized carbons (Fsp3) is 0.250. The van der Waals surface area contributed by atoms with Crippen molar-refractivity contribution in [3.63, 3.8) is 0 Å². The highest BCUT2D eigenvalue weighted by molar-refractivity contribution is 5.53. The standard InChI is InChI=1S/C12H10F3N5/c1-20-7-18-19-11(20)6-17-9-2-3-10(12(13,14)15)8(4-9)5-16/h2-4,7,17H,6H2,1H3. The molecule has 1 heterocycles. The monoisotopic (exact) mass is 281 g/mol. The zero-order valence-corrected chi connectivity index (χ0v) is 10.4. The third kappa shape index (κ3) is 2.88. The number of hydrogen-bond donors (Lipinski definition) is 1. The highest BCUT2D eigenvalue weighted by Gasteiger charge is 2.33. The average Bonchev–Trinajstić information content (AvgIpc) is 2.80. The largest absolute Gasteiger partial charge is 0.417 e. The third-order valence-corrected chi connectivity index (χ3v) is 2.70. The molecule has 2 rings (SSSR count). The van der Waals surface area contributed by atoms with Crippen molar-refractivity contribution in [1.82, 2.24) is 14.8 Å². The Labute approximate surface area is 112 Å². The number of nitriles is 1. The Morgan fingerprint density at radius 3 is 2.70 bits per heavy atom. The van der Waals surface area contributed by atoms with E-state index in [0.717, 1.165) is 6.07 Å². The molecule has 0 saturated heterocycles. The van der Waals surface area contributed by atoms with Crippen LogP contribution in [0.4, 0.5) is 18.9 Å². The van der Waals surface area contributed by atoms with Gasteiger partial charge in [-0.15, -0.1) is 10.2 Å². The molecular formula is C12H10F3N5. The molecule has 1 aromatic carbocycles. The van der Waals surface area contributed by atoms with E-state index >= 15 is 0 Å². The van der Waals surface area contributed by atoms with Crippen molar-refractivity contribution < 1.29 is 13.2 Å². The summed E-state index contributed by atoms with van der Waals surface area (Å²) in [5.74, 6) is 0.628. The van der Waals surface area contributed by atoms with Crippen molar-refractivity contribution in [2.45, 2.75) is 12.7 Å². The first kappa shape index (κ1) is 13.9. The molecule has 2 aromatic rings. The van der Waals surface area contributed by atoms with E-state index in [4.69, 9.17) is 5.26 Å². The van der Waals surface area contributed by atoms with Crippen LogP contribution < -0.4 is 5.32 Å². The number of aryl methyl sites for hydroxylation is 1. The number of nitrogens with one attached hydrogen (secondary N) is 1. The van der Waals surface area contributed by atoms with Gasteiger partial charge in [-0.1, -0.05) is 0 Å². The Morgan fingerprint density at radius 2 is 2.15 bits per heavy atom. The van der Waals surface area contributed by atoms with E-state index in [9.17, 15) is 13.2 Å². The van der Waals surface area contributed by atoms with Crippen LogP contribution in [0, 0.1) is 11.3 Å². The highest BCUT2D eigenvalue weighted by atomic mass is 19.4. The van der Waals surface area contributed by atoms with Gasteiger partial charge in [0.15, 0.2) is 5.82 Å². The smallest absolute Gasteiger partial charge is 0.378 e. The first-order valence-corrected chi connectivity index (χ1v) is 5.60. The van der Waals surface area contributed by atoms with Crippen molar-refractivity contribution in [3.8, 4) is 6.07 Å². The summed E-state index contributed by atoms with van der Waals surface area (Å²) >= 11 is 0. The number of halogens is 3. The van der Waals surface area contributed by atoms with Gasteiger partial charge in [-0.05, 0) is 18.2 Å². The molecule has 5 nitrogen and oxygen atoms in total. The first-order chi connectivity index (χ1) is 9.41. The van der Waals surface area contributed by atoms with Crippen LogP contribution in [0.2, 0.25) is 0 Å². The van der Waals surface area contributed by atoms with E-state index in [1.54, 1.807) is 17.7 Å². The molecule has 0 unspecified atom stereocenters. The fourth-order valence-corrected chi connectivity index (χ4v) is 1.64. The Hall–Kier alpha value is -2.56. The molecule has 0 amide bonds. The number of hydrogen-bond acceptors (Lipinski definition) is 4. The maximum Gasteiger partial charge on any atom is 0.417 e. The minimum absolute atomic E-state index is 0.298. The fourth-order valence-electron chi connectivity index (χ4n) is 1.64. The molecule has 104 valence electrons. The minimum atomic E-state index is -4.53. The molecule has 1 N–H and O–H groups in total. The quantitative estimate of drug-likeness (QED) is 0.937. The van der Waals surface area contributed by atoms with Crippen molar-refractivity contribution >= 4 is 5.69 Å². The molecule has 0 atom stereocenters. The van der Waals surface area contributed by atoms with E-state index in [1.165, 1.54) is 18.5 Å². The second-order valence-corrected chi connectivity index (χ2v) is 4.08. The van der Waals surface area contributed by atoms with Crippen LogP contribution >= 0.6 is 0 Å². The van der Waals surface area contributed by atoms with Crippen molar-refractivity contribution in [1.29, 1.82) is 5.26 Å². The predicted octanol–water partition coefficient (Wildman–Crippen LogP) is 2.32. The van der Waals surface area contributed by atoms with Gasteiger partial charge in [0.2, 0.25) is 0 Å². The van der Waals surface area contributed by atoms with Crippen molar-refractivity contribution in [2.75, 3.05) is 5.32 Å². The molecule has 0 saturated carbocycles. The van der Waals surface area contributed by atoms with E-state index in [-0.39, 0.29) is 0 Å². The molecule has 0 aliphatic heterocycles. The lowest BCUT2D eigenvalue weighted by molar-refractivity contribution is -0.137.